The van der Waals surface area contributed by atoms with Gasteiger partial charge in [-0.3, -0.25) is 4.79 Å². The van der Waals surface area contributed by atoms with E-state index in [1.54, 1.807) is 0 Å². The van der Waals surface area contributed by atoms with Crippen molar-refractivity contribution in [1.29, 1.82) is 0 Å². The van der Waals surface area contributed by atoms with E-state index in [0.29, 0.717) is 5.89 Å². The van der Waals surface area contributed by atoms with Crippen LogP contribution in [0.25, 0.3) is 22.6 Å². The molecular weight excluding hydrogens is 346 g/mol. The summed E-state index contributed by atoms with van der Waals surface area (Å²) in [5, 5.41) is 5.93. The maximum atomic E-state index is 11.7. The number of hydrogen-bond donors (Lipinski definition) is 2. The van der Waals surface area contributed by atoms with Crippen molar-refractivity contribution in [2.24, 2.45) is 5.92 Å². The standard InChI is InChI=1S/C20H21N3O2S/c1-4-13-5-10-17-16(11-13)22-19(25-17)14-6-8-15(9-7-14)21-20(26)23-18(24)12(2)3/h5-12H,4H2,1-3H3,(H2,21,23,24,26). The smallest absolute Gasteiger partial charge is 0.228 e. The third-order valence-corrected chi connectivity index (χ3v) is 4.22. The van der Waals surface area contributed by atoms with Crippen LogP contribution in [0.1, 0.15) is 26.3 Å². The van der Waals surface area contributed by atoms with Gasteiger partial charge in [0, 0.05) is 17.2 Å². The molecule has 0 saturated carbocycles. The highest BCUT2D eigenvalue weighted by atomic mass is 32.1. The molecule has 0 spiro atoms. The summed E-state index contributed by atoms with van der Waals surface area (Å²) in [6, 6.07) is 13.6. The molecule has 0 unspecified atom stereocenters. The van der Waals surface area contributed by atoms with Gasteiger partial charge in [-0.1, -0.05) is 26.8 Å². The SMILES string of the molecule is CCc1ccc2oc(-c3ccc(NC(=S)NC(=O)C(C)C)cc3)nc2c1. The second-order valence-corrected chi connectivity index (χ2v) is 6.76. The lowest BCUT2D eigenvalue weighted by atomic mass is 10.1. The monoisotopic (exact) mass is 367 g/mol. The summed E-state index contributed by atoms with van der Waals surface area (Å²) in [5.74, 6) is 0.344. The summed E-state index contributed by atoms with van der Waals surface area (Å²) in [6.07, 6.45) is 0.964. The molecule has 26 heavy (non-hydrogen) atoms. The van der Waals surface area contributed by atoms with Gasteiger partial charge >= 0.3 is 0 Å². The fraction of sp³-hybridized carbons (Fsp3) is 0.250. The van der Waals surface area contributed by atoms with Crippen LogP contribution in [-0.2, 0) is 11.2 Å². The van der Waals surface area contributed by atoms with Crippen LogP contribution in [0.2, 0.25) is 0 Å². The first-order valence-corrected chi connectivity index (χ1v) is 8.99. The van der Waals surface area contributed by atoms with E-state index in [1.807, 2.05) is 50.2 Å². The lowest BCUT2D eigenvalue weighted by Crippen LogP contribution is -2.36. The van der Waals surface area contributed by atoms with Gasteiger partial charge in [-0.25, -0.2) is 4.98 Å². The maximum Gasteiger partial charge on any atom is 0.228 e. The van der Waals surface area contributed by atoms with E-state index < -0.39 is 0 Å². The number of aromatic nitrogens is 1. The number of amides is 1. The van der Waals surface area contributed by atoms with Crippen molar-refractivity contribution in [3.05, 3.63) is 48.0 Å². The van der Waals surface area contributed by atoms with E-state index in [4.69, 9.17) is 16.6 Å². The Morgan fingerprint density at radius 2 is 1.92 bits per heavy atom. The number of benzene rings is 2. The molecule has 3 aromatic rings. The van der Waals surface area contributed by atoms with E-state index in [-0.39, 0.29) is 16.9 Å². The van der Waals surface area contributed by atoms with Crippen LogP contribution in [-0.4, -0.2) is 16.0 Å². The number of anilines is 1. The lowest BCUT2D eigenvalue weighted by Gasteiger charge is -2.11. The molecule has 1 amide bonds. The second-order valence-electron chi connectivity index (χ2n) is 6.35. The van der Waals surface area contributed by atoms with Crippen LogP contribution < -0.4 is 10.6 Å². The summed E-state index contributed by atoms with van der Waals surface area (Å²) >= 11 is 5.15. The van der Waals surface area contributed by atoms with Crippen molar-refractivity contribution in [3.8, 4) is 11.5 Å². The molecule has 2 N–H and O–H groups in total. The van der Waals surface area contributed by atoms with Crippen LogP contribution in [0.4, 0.5) is 5.69 Å². The van der Waals surface area contributed by atoms with Gasteiger partial charge in [-0.15, -0.1) is 0 Å². The number of carbonyl (C=O) groups is 1. The van der Waals surface area contributed by atoms with E-state index in [9.17, 15) is 4.79 Å². The number of fused-ring (bicyclic) bond motifs is 1. The first-order chi connectivity index (χ1) is 12.5. The zero-order valence-corrected chi connectivity index (χ0v) is 15.8. The number of nitrogens with zero attached hydrogens (tertiary/aromatic N) is 1. The van der Waals surface area contributed by atoms with Gasteiger partial charge in [-0.2, -0.15) is 0 Å². The van der Waals surface area contributed by atoms with Crippen LogP contribution >= 0.6 is 12.2 Å². The number of rotatable bonds is 4. The second kappa shape index (κ2) is 7.66. The predicted molar refractivity (Wildman–Crippen MR) is 108 cm³/mol. The highest BCUT2D eigenvalue weighted by Crippen LogP contribution is 2.26. The van der Waals surface area contributed by atoms with Gasteiger partial charge in [0.25, 0.3) is 0 Å². The van der Waals surface area contributed by atoms with Crippen LogP contribution in [0.15, 0.2) is 46.9 Å². The fourth-order valence-corrected chi connectivity index (χ4v) is 2.65. The van der Waals surface area contributed by atoms with Gasteiger partial charge in [0.15, 0.2) is 10.7 Å². The fourth-order valence-electron chi connectivity index (χ4n) is 2.43. The molecule has 6 heteroatoms. The Labute approximate surface area is 157 Å². The average Bonchev–Trinajstić information content (AvgIpc) is 3.05. The Morgan fingerprint density at radius 3 is 2.58 bits per heavy atom. The number of hydrogen-bond acceptors (Lipinski definition) is 4. The molecule has 0 aliphatic rings. The van der Waals surface area contributed by atoms with Crippen molar-refractivity contribution < 1.29 is 9.21 Å². The van der Waals surface area contributed by atoms with Crippen molar-refractivity contribution in [1.82, 2.24) is 10.3 Å². The molecule has 0 aliphatic heterocycles. The summed E-state index contributed by atoms with van der Waals surface area (Å²) in [4.78, 5) is 16.2. The summed E-state index contributed by atoms with van der Waals surface area (Å²) < 4.78 is 5.84. The molecule has 0 bridgehead atoms. The van der Waals surface area contributed by atoms with Gasteiger partial charge < -0.3 is 15.1 Å². The van der Waals surface area contributed by atoms with Gasteiger partial charge in [-0.05, 0) is 60.6 Å². The Morgan fingerprint density at radius 1 is 1.19 bits per heavy atom. The molecule has 1 heterocycles. The minimum atomic E-state index is -0.121. The van der Waals surface area contributed by atoms with Crippen molar-refractivity contribution in [2.45, 2.75) is 27.2 Å². The third-order valence-electron chi connectivity index (χ3n) is 4.01. The summed E-state index contributed by atoms with van der Waals surface area (Å²) in [7, 11) is 0. The first-order valence-electron chi connectivity index (χ1n) is 8.58. The summed E-state index contributed by atoms with van der Waals surface area (Å²) in [6.45, 7) is 5.75. The van der Waals surface area contributed by atoms with Crippen molar-refractivity contribution in [2.75, 3.05) is 5.32 Å². The average molecular weight is 367 g/mol. The Bertz CT molecular complexity index is 945. The predicted octanol–water partition coefficient (Wildman–Crippen LogP) is 4.53. The largest absolute Gasteiger partial charge is 0.436 e. The first kappa shape index (κ1) is 18.1. The number of carbonyl (C=O) groups excluding carboxylic acids is 1. The molecule has 134 valence electrons. The van der Waals surface area contributed by atoms with E-state index in [1.165, 1.54) is 5.56 Å². The molecule has 0 radical (unpaired) electrons. The van der Waals surface area contributed by atoms with E-state index in [2.05, 4.69) is 28.6 Å². The van der Waals surface area contributed by atoms with Gasteiger partial charge in [0.2, 0.25) is 11.8 Å². The minimum absolute atomic E-state index is 0.114. The highest BCUT2D eigenvalue weighted by molar-refractivity contribution is 7.80. The number of nitrogens with one attached hydrogen (secondary N) is 2. The highest BCUT2D eigenvalue weighted by Gasteiger charge is 2.10. The third kappa shape index (κ3) is 4.08. The molecule has 1 aromatic heterocycles. The molecule has 3 rings (SSSR count). The minimum Gasteiger partial charge on any atom is -0.436 e. The van der Waals surface area contributed by atoms with Crippen molar-refractivity contribution >= 4 is 40.0 Å². The molecule has 2 aromatic carbocycles. The van der Waals surface area contributed by atoms with E-state index >= 15 is 0 Å². The molecular formula is C20H21N3O2S. The summed E-state index contributed by atoms with van der Waals surface area (Å²) in [5.41, 5.74) is 4.53. The topological polar surface area (TPSA) is 67.2 Å². The van der Waals surface area contributed by atoms with Crippen LogP contribution in [0.3, 0.4) is 0 Å². The number of aryl methyl sites for hydroxylation is 1. The maximum absolute atomic E-state index is 11.7. The molecule has 5 nitrogen and oxygen atoms in total. The van der Waals surface area contributed by atoms with Crippen LogP contribution in [0.5, 0.6) is 0 Å². The Hall–Kier alpha value is -2.73. The normalized spacial score (nSPS) is 10.9. The molecule has 0 fully saturated rings. The Balaban J connectivity index is 1.73. The van der Waals surface area contributed by atoms with Crippen LogP contribution in [0, 0.1) is 5.92 Å². The van der Waals surface area contributed by atoms with E-state index in [0.717, 1.165) is 28.8 Å². The Kier molecular flexibility index (Phi) is 5.32. The zero-order chi connectivity index (χ0) is 18.7. The molecule has 0 atom stereocenters. The van der Waals surface area contributed by atoms with Gasteiger partial charge in [0.05, 0.1) is 0 Å². The van der Waals surface area contributed by atoms with Crippen molar-refractivity contribution in [3.63, 3.8) is 0 Å². The lowest BCUT2D eigenvalue weighted by molar-refractivity contribution is -0.122. The molecule has 0 aliphatic carbocycles. The molecule has 0 saturated heterocycles. The number of thiocarbonyl (C=S) groups is 1. The quantitative estimate of drug-likeness (QED) is 0.663. The van der Waals surface area contributed by atoms with Gasteiger partial charge in [0.1, 0.15) is 5.52 Å². The number of oxazole rings is 1. The zero-order valence-electron chi connectivity index (χ0n) is 15.0.